The van der Waals surface area contributed by atoms with Crippen LogP contribution in [0.25, 0.3) is 0 Å². The number of amides is 1. The smallest absolute Gasteiger partial charge is 0.235 e. The zero-order valence-electron chi connectivity index (χ0n) is 15.2. The summed E-state index contributed by atoms with van der Waals surface area (Å²) in [5.74, 6) is 0.889. The van der Waals surface area contributed by atoms with Gasteiger partial charge in [-0.15, -0.1) is 0 Å². The van der Waals surface area contributed by atoms with E-state index in [0.29, 0.717) is 0 Å². The van der Waals surface area contributed by atoms with Crippen molar-refractivity contribution in [3.05, 3.63) is 54.1 Å². The highest BCUT2D eigenvalue weighted by atomic mass is 16.5. The van der Waals surface area contributed by atoms with Gasteiger partial charge in [-0.25, -0.2) is 0 Å². The Hall–Kier alpha value is -2.49. The van der Waals surface area contributed by atoms with Crippen molar-refractivity contribution < 1.29 is 9.53 Å². The summed E-state index contributed by atoms with van der Waals surface area (Å²) in [5.41, 5.74) is 2.70. The number of hydrogen-bond acceptors (Lipinski definition) is 3. The summed E-state index contributed by atoms with van der Waals surface area (Å²) in [4.78, 5) is 15.1. The molecule has 0 saturated heterocycles. The fraction of sp³-hybridized carbons (Fsp3) is 0.381. The molecule has 1 aliphatic rings. The van der Waals surface area contributed by atoms with E-state index in [0.717, 1.165) is 42.9 Å². The lowest BCUT2D eigenvalue weighted by Gasteiger charge is -2.21. The SMILES string of the molecule is CCN(CC)c1ccc(NC(=O)C2(c3ccc(OC)cc3)CC2)cc1. The quantitative estimate of drug-likeness (QED) is 0.822. The lowest BCUT2D eigenvalue weighted by Crippen LogP contribution is -2.27. The maximum absolute atomic E-state index is 12.8. The molecule has 1 fully saturated rings. The molecular formula is C21H26N2O2. The second-order valence-electron chi connectivity index (χ2n) is 6.48. The fourth-order valence-corrected chi connectivity index (χ4v) is 3.28. The van der Waals surface area contributed by atoms with Gasteiger partial charge in [-0.3, -0.25) is 4.79 Å². The molecule has 0 unspecified atom stereocenters. The van der Waals surface area contributed by atoms with E-state index >= 15 is 0 Å². The highest BCUT2D eigenvalue weighted by Gasteiger charge is 2.51. The van der Waals surface area contributed by atoms with Gasteiger partial charge >= 0.3 is 0 Å². The van der Waals surface area contributed by atoms with Crippen molar-refractivity contribution in [2.24, 2.45) is 0 Å². The van der Waals surface area contributed by atoms with Gasteiger partial charge in [0.05, 0.1) is 12.5 Å². The molecule has 0 aliphatic heterocycles. The highest BCUT2D eigenvalue weighted by molar-refractivity contribution is 6.01. The molecule has 1 N–H and O–H groups in total. The van der Waals surface area contributed by atoms with Gasteiger partial charge < -0.3 is 15.0 Å². The van der Waals surface area contributed by atoms with Gasteiger partial charge in [-0.1, -0.05) is 12.1 Å². The fourth-order valence-electron chi connectivity index (χ4n) is 3.28. The molecule has 2 aromatic carbocycles. The van der Waals surface area contributed by atoms with Gasteiger partial charge in [-0.2, -0.15) is 0 Å². The van der Waals surface area contributed by atoms with Crippen LogP contribution in [0.5, 0.6) is 5.75 Å². The van der Waals surface area contributed by atoms with E-state index in [1.54, 1.807) is 7.11 Å². The Morgan fingerprint density at radius 2 is 1.64 bits per heavy atom. The molecule has 0 radical (unpaired) electrons. The van der Waals surface area contributed by atoms with E-state index in [9.17, 15) is 4.79 Å². The first kappa shape index (κ1) is 17.3. The van der Waals surface area contributed by atoms with Crippen LogP contribution >= 0.6 is 0 Å². The van der Waals surface area contributed by atoms with Crippen molar-refractivity contribution in [3.63, 3.8) is 0 Å². The predicted octanol–water partition coefficient (Wildman–Crippen LogP) is 4.21. The van der Waals surface area contributed by atoms with Crippen LogP contribution in [0.2, 0.25) is 0 Å². The van der Waals surface area contributed by atoms with E-state index in [4.69, 9.17) is 4.74 Å². The van der Waals surface area contributed by atoms with Gasteiger partial charge in [0.1, 0.15) is 5.75 Å². The number of rotatable bonds is 7. The van der Waals surface area contributed by atoms with Gasteiger partial charge in [0.25, 0.3) is 0 Å². The van der Waals surface area contributed by atoms with Crippen molar-refractivity contribution in [2.45, 2.75) is 32.1 Å². The molecule has 4 heteroatoms. The monoisotopic (exact) mass is 338 g/mol. The van der Waals surface area contributed by atoms with Crippen LogP contribution in [0.15, 0.2) is 48.5 Å². The van der Waals surface area contributed by atoms with Crippen LogP contribution in [0, 0.1) is 0 Å². The molecule has 0 aromatic heterocycles. The van der Waals surface area contributed by atoms with Crippen LogP contribution in [0.3, 0.4) is 0 Å². The Kier molecular flexibility index (Phi) is 4.98. The van der Waals surface area contributed by atoms with Crippen LogP contribution in [0.4, 0.5) is 11.4 Å². The number of methoxy groups -OCH3 is 1. The number of benzene rings is 2. The first-order valence-electron chi connectivity index (χ1n) is 8.94. The number of hydrogen-bond donors (Lipinski definition) is 1. The van der Waals surface area contributed by atoms with Crippen molar-refractivity contribution in [2.75, 3.05) is 30.4 Å². The summed E-state index contributed by atoms with van der Waals surface area (Å²) in [6.45, 7) is 6.24. The molecule has 25 heavy (non-hydrogen) atoms. The van der Waals surface area contributed by atoms with Crippen molar-refractivity contribution in [1.82, 2.24) is 0 Å². The van der Waals surface area contributed by atoms with Crippen molar-refractivity contribution in [1.29, 1.82) is 0 Å². The molecule has 132 valence electrons. The van der Waals surface area contributed by atoms with E-state index in [2.05, 4.69) is 36.2 Å². The average molecular weight is 338 g/mol. The zero-order chi connectivity index (χ0) is 17.9. The van der Waals surface area contributed by atoms with Gasteiger partial charge in [0.15, 0.2) is 0 Å². The van der Waals surface area contributed by atoms with E-state index in [1.807, 2.05) is 36.4 Å². The van der Waals surface area contributed by atoms with Crippen LogP contribution in [-0.2, 0) is 10.2 Å². The van der Waals surface area contributed by atoms with Crippen LogP contribution in [-0.4, -0.2) is 26.1 Å². The molecule has 2 aromatic rings. The minimum absolute atomic E-state index is 0.0771. The molecule has 4 nitrogen and oxygen atoms in total. The third kappa shape index (κ3) is 3.48. The minimum Gasteiger partial charge on any atom is -0.497 e. The second kappa shape index (κ2) is 7.18. The van der Waals surface area contributed by atoms with E-state index in [1.165, 1.54) is 5.69 Å². The lowest BCUT2D eigenvalue weighted by atomic mass is 9.95. The summed E-state index contributed by atoms with van der Waals surface area (Å²) in [6, 6.07) is 15.9. The molecule has 1 amide bonds. The Bertz CT molecular complexity index is 715. The van der Waals surface area contributed by atoms with Gasteiger partial charge in [-0.05, 0) is 68.7 Å². The highest BCUT2D eigenvalue weighted by Crippen LogP contribution is 2.49. The number of carbonyl (C=O) groups is 1. The maximum Gasteiger partial charge on any atom is 0.235 e. The molecule has 3 rings (SSSR count). The number of nitrogens with one attached hydrogen (secondary N) is 1. The first-order valence-corrected chi connectivity index (χ1v) is 8.94. The Balaban J connectivity index is 1.71. The van der Waals surface area contributed by atoms with E-state index < -0.39 is 0 Å². The Morgan fingerprint density at radius 3 is 2.12 bits per heavy atom. The topological polar surface area (TPSA) is 41.6 Å². The Morgan fingerprint density at radius 1 is 1.04 bits per heavy atom. The molecule has 0 atom stereocenters. The van der Waals surface area contributed by atoms with Gasteiger partial charge in [0.2, 0.25) is 5.91 Å². The molecule has 0 heterocycles. The zero-order valence-corrected chi connectivity index (χ0v) is 15.2. The van der Waals surface area contributed by atoms with Gasteiger partial charge in [0, 0.05) is 24.5 Å². The number of nitrogens with zero attached hydrogens (tertiary/aromatic N) is 1. The summed E-state index contributed by atoms with van der Waals surface area (Å²) in [6.07, 6.45) is 1.78. The standard InChI is InChI=1S/C21H26N2O2/c1-4-23(5-2)18-10-8-17(9-11-18)22-20(24)21(14-15-21)16-6-12-19(25-3)13-7-16/h6-13H,4-5,14-15H2,1-3H3,(H,22,24). The molecule has 0 spiro atoms. The molecular weight excluding hydrogens is 312 g/mol. The summed E-state index contributed by atoms with van der Waals surface area (Å²) in [5, 5.41) is 3.09. The predicted molar refractivity (Wildman–Crippen MR) is 103 cm³/mol. The molecule has 1 saturated carbocycles. The number of ether oxygens (including phenoxy) is 1. The molecule has 0 bridgehead atoms. The van der Waals surface area contributed by atoms with Crippen LogP contribution < -0.4 is 15.0 Å². The third-order valence-electron chi connectivity index (χ3n) is 5.08. The van der Waals surface area contributed by atoms with Crippen LogP contribution in [0.1, 0.15) is 32.3 Å². The summed E-state index contributed by atoms with van der Waals surface area (Å²) < 4.78 is 5.20. The number of carbonyl (C=O) groups excluding carboxylic acids is 1. The second-order valence-corrected chi connectivity index (χ2v) is 6.48. The lowest BCUT2D eigenvalue weighted by molar-refractivity contribution is -0.118. The first-order chi connectivity index (χ1) is 12.1. The maximum atomic E-state index is 12.8. The van der Waals surface area contributed by atoms with Crippen molar-refractivity contribution >= 4 is 17.3 Å². The third-order valence-corrected chi connectivity index (χ3v) is 5.08. The number of anilines is 2. The van der Waals surface area contributed by atoms with E-state index in [-0.39, 0.29) is 11.3 Å². The normalized spacial score (nSPS) is 14.7. The average Bonchev–Trinajstić information content (AvgIpc) is 3.46. The molecule has 1 aliphatic carbocycles. The minimum atomic E-state index is -0.385. The Labute approximate surface area is 149 Å². The largest absolute Gasteiger partial charge is 0.497 e. The summed E-state index contributed by atoms with van der Waals surface area (Å²) in [7, 11) is 1.65. The van der Waals surface area contributed by atoms with Crippen molar-refractivity contribution in [3.8, 4) is 5.75 Å². The summed E-state index contributed by atoms with van der Waals surface area (Å²) >= 11 is 0.